The molecule has 1 heterocycles. The van der Waals surface area contributed by atoms with Crippen molar-refractivity contribution in [1.82, 2.24) is 0 Å². The molecule has 4 nitrogen and oxygen atoms in total. The molecule has 0 spiro atoms. The van der Waals surface area contributed by atoms with Crippen LogP contribution in [0.2, 0.25) is 5.02 Å². The Morgan fingerprint density at radius 2 is 2.12 bits per heavy atom. The van der Waals surface area contributed by atoms with Crippen LogP contribution in [0.1, 0.15) is 5.56 Å². The van der Waals surface area contributed by atoms with E-state index in [2.05, 4.69) is 11.9 Å². The number of hydrogen-bond acceptors (Lipinski definition) is 4. The largest absolute Gasteiger partial charge is 0.377 e. The van der Waals surface area contributed by atoms with Crippen LogP contribution in [-0.4, -0.2) is 33.1 Å². The summed E-state index contributed by atoms with van der Waals surface area (Å²) in [6.07, 6.45) is 0. The van der Waals surface area contributed by atoms with Crippen LogP contribution in [0.5, 0.6) is 0 Å². The van der Waals surface area contributed by atoms with E-state index >= 15 is 0 Å². The molecule has 1 aliphatic rings. The van der Waals surface area contributed by atoms with Gasteiger partial charge in [-0.15, -0.1) is 0 Å². The second kappa shape index (κ2) is 4.45. The van der Waals surface area contributed by atoms with E-state index in [0.717, 1.165) is 24.5 Å². The van der Waals surface area contributed by atoms with Crippen LogP contribution in [0, 0.1) is 6.92 Å². The van der Waals surface area contributed by atoms with Gasteiger partial charge in [-0.1, -0.05) is 11.6 Å². The number of hydrogen-bond donors (Lipinski definition) is 1. The molecule has 17 heavy (non-hydrogen) atoms. The first-order chi connectivity index (χ1) is 8.00. The molecule has 0 amide bonds. The lowest BCUT2D eigenvalue weighted by Crippen LogP contribution is -2.34. The summed E-state index contributed by atoms with van der Waals surface area (Å²) < 4.78 is 0. The van der Waals surface area contributed by atoms with Crippen LogP contribution in [0.4, 0.5) is 11.4 Å². The predicted molar refractivity (Wildman–Crippen MR) is 74.4 cm³/mol. The van der Waals surface area contributed by atoms with E-state index in [1.165, 1.54) is 5.56 Å². The minimum Gasteiger partial charge on any atom is -0.377 e. The average Bonchev–Trinajstić information content (AvgIpc) is 2.67. The minimum atomic E-state index is 0.570. The van der Waals surface area contributed by atoms with E-state index in [1.807, 2.05) is 36.0 Å². The molecule has 0 saturated carbocycles. The second-order valence-electron chi connectivity index (χ2n) is 4.36. The smallest absolute Gasteiger partial charge is 0.195 e. The van der Waals surface area contributed by atoms with Crippen molar-refractivity contribution in [3.05, 3.63) is 22.7 Å². The molecule has 0 fully saturated rings. The zero-order valence-electron chi connectivity index (χ0n) is 10.4. The number of anilines is 2. The molecule has 0 aliphatic carbocycles. The number of guanidine groups is 1. The van der Waals surface area contributed by atoms with Crippen LogP contribution in [0.15, 0.2) is 17.1 Å². The van der Waals surface area contributed by atoms with Gasteiger partial charge in [0.05, 0.1) is 12.2 Å². The molecule has 0 atom stereocenters. The molecule has 1 aromatic carbocycles. The van der Waals surface area contributed by atoms with Crippen molar-refractivity contribution < 1.29 is 0 Å². The highest BCUT2D eigenvalue weighted by atomic mass is 35.5. The topological polar surface area (TPSA) is 44.9 Å². The Kier molecular flexibility index (Phi) is 3.15. The maximum Gasteiger partial charge on any atom is 0.195 e. The van der Waals surface area contributed by atoms with Gasteiger partial charge in [0.25, 0.3) is 0 Å². The SMILES string of the molecule is Cc1c(N(C)C)cc(Cl)cc1N1CCN=C1N. The zero-order valence-corrected chi connectivity index (χ0v) is 11.1. The molecule has 5 heteroatoms. The third-order valence-corrected chi connectivity index (χ3v) is 3.18. The molecule has 0 unspecified atom stereocenters. The maximum absolute atomic E-state index is 6.16. The highest BCUT2D eigenvalue weighted by Crippen LogP contribution is 2.33. The molecule has 0 bridgehead atoms. The lowest BCUT2D eigenvalue weighted by molar-refractivity contribution is 1.01. The second-order valence-corrected chi connectivity index (χ2v) is 4.79. The van der Waals surface area contributed by atoms with Gasteiger partial charge in [-0.05, 0) is 24.6 Å². The third-order valence-electron chi connectivity index (χ3n) is 2.96. The van der Waals surface area contributed by atoms with Crippen LogP contribution in [-0.2, 0) is 0 Å². The van der Waals surface area contributed by atoms with E-state index in [4.69, 9.17) is 17.3 Å². The van der Waals surface area contributed by atoms with Gasteiger partial charge in [0.15, 0.2) is 5.96 Å². The summed E-state index contributed by atoms with van der Waals surface area (Å²) >= 11 is 6.16. The highest BCUT2D eigenvalue weighted by Gasteiger charge is 2.20. The van der Waals surface area contributed by atoms with E-state index in [9.17, 15) is 0 Å². The predicted octanol–water partition coefficient (Wildman–Crippen LogP) is 1.85. The summed E-state index contributed by atoms with van der Waals surface area (Å²) in [5, 5.41) is 0.717. The van der Waals surface area contributed by atoms with Crippen molar-refractivity contribution in [3.63, 3.8) is 0 Å². The van der Waals surface area contributed by atoms with E-state index in [1.54, 1.807) is 0 Å². The van der Waals surface area contributed by atoms with Crippen LogP contribution in [0.25, 0.3) is 0 Å². The van der Waals surface area contributed by atoms with Gasteiger partial charge in [0, 0.05) is 31.4 Å². The first kappa shape index (κ1) is 12.0. The normalized spacial score (nSPS) is 15.1. The molecular weight excluding hydrogens is 236 g/mol. The summed E-state index contributed by atoms with van der Waals surface area (Å²) in [6, 6.07) is 3.90. The van der Waals surface area contributed by atoms with Gasteiger partial charge >= 0.3 is 0 Å². The Morgan fingerprint density at radius 1 is 1.41 bits per heavy atom. The molecule has 92 valence electrons. The number of halogens is 1. The number of nitrogens with two attached hydrogens (primary N) is 1. The van der Waals surface area contributed by atoms with Gasteiger partial charge in [0.1, 0.15) is 0 Å². The zero-order chi connectivity index (χ0) is 12.6. The Labute approximate surface area is 107 Å². The Hall–Kier alpha value is -1.42. The van der Waals surface area contributed by atoms with Crippen molar-refractivity contribution >= 4 is 28.9 Å². The molecule has 0 aromatic heterocycles. The Bertz CT molecular complexity index is 468. The van der Waals surface area contributed by atoms with Crippen LogP contribution >= 0.6 is 11.6 Å². The lowest BCUT2D eigenvalue weighted by Gasteiger charge is -2.24. The van der Waals surface area contributed by atoms with Crippen molar-refractivity contribution in [1.29, 1.82) is 0 Å². The maximum atomic E-state index is 6.16. The van der Waals surface area contributed by atoms with Crippen LogP contribution < -0.4 is 15.5 Å². The van der Waals surface area contributed by atoms with Crippen molar-refractivity contribution in [2.45, 2.75) is 6.92 Å². The van der Waals surface area contributed by atoms with Gasteiger partial charge in [0.2, 0.25) is 0 Å². The highest BCUT2D eigenvalue weighted by molar-refractivity contribution is 6.31. The van der Waals surface area contributed by atoms with Crippen molar-refractivity contribution in [2.24, 2.45) is 10.7 Å². The van der Waals surface area contributed by atoms with Gasteiger partial charge in [-0.3, -0.25) is 4.99 Å². The lowest BCUT2D eigenvalue weighted by atomic mass is 10.1. The standard InChI is InChI=1S/C12H17ClN4/c1-8-10(16(2)3)6-9(13)7-11(8)17-5-4-15-12(17)14/h6-7H,4-5H2,1-3H3,(H2,14,15). The minimum absolute atomic E-state index is 0.570. The number of benzene rings is 1. The number of nitrogens with zero attached hydrogens (tertiary/aromatic N) is 3. The van der Waals surface area contributed by atoms with Crippen molar-refractivity contribution in [3.8, 4) is 0 Å². The monoisotopic (exact) mass is 252 g/mol. The number of aliphatic imine (C=N–C) groups is 1. The molecule has 0 radical (unpaired) electrons. The van der Waals surface area contributed by atoms with Gasteiger partial charge < -0.3 is 15.5 Å². The van der Waals surface area contributed by atoms with Crippen molar-refractivity contribution in [2.75, 3.05) is 37.0 Å². The molecule has 2 rings (SSSR count). The molecule has 0 saturated heterocycles. The average molecular weight is 253 g/mol. The summed E-state index contributed by atoms with van der Waals surface area (Å²) in [6.45, 7) is 3.64. The first-order valence-corrected chi connectivity index (χ1v) is 5.93. The summed E-state index contributed by atoms with van der Waals surface area (Å²) in [7, 11) is 4.01. The van der Waals surface area contributed by atoms with Gasteiger partial charge in [-0.2, -0.15) is 0 Å². The summed E-state index contributed by atoms with van der Waals surface area (Å²) in [4.78, 5) is 8.26. The fourth-order valence-electron chi connectivity index (χ4n) is 2.10. The first-order valence-electron chi connectivity index (χ1n) is 5.55. The van der Waals surface area contributed by atoms with Crippen LogP contribution in [0.3, 0.4) is 0 Å². The molecule has 1 aliphatic heterocycles. The van der Waals surface area contributed by atoms with Gasteiger partial charge in [-0.25, -0.2) is 0 Å². The third kappa shape index (κ3) is 2.17. The summed E-state index contributed by atoms with van der Waals surface area (Å²) in [5.74, 6) is 0.570. The Morgan fingerprint density at radius 3 is 2.65 bits per heavy atom. The van der Waals surface area contributed by atoms with E-state index in [0.29, 0.717) is 11.0 Å². The molecule has 1 aromatic rings. The Balaban J connectivity index is 2.50. The molecular formula is C12H17ClN4. The fourth-order valence-corrected chi connectivity index (χ4v) is 2.31. The van der Waals surface area contributed by atoms with E-state index in [-0.39, 0.29) is 0 Å². The fraction of sp³-hybridized carbons (Fsp3) is 0.417. The van der Waals surface area contributed by atoms with E-state index < -0.39 is 0 Å². The molecule has 2 N–H and O–H groups in total. The number of rotatable bonds is 2. The quantitative estimate of drug-likeness (QED) is 0.874. The summed E-state index contributed by atoms with van der Waals surface area (Å²) in [5.41, 5.74) is 9.19.